The van der Waals surface area contributed by atoms with Gasteiger partial charge in [0.25, 0.3) is 5.95 Å². The number of alkyl halides is 1. The summed E-state index contributed by atoms with van der Waals surface area (Å²) in [4.78, 5) is 12.7. The third-order valence-corrected chi connectivity index (χ3v) is 3.37. The zero-order valence-corrected chi connectivity index (χ0v) is 15.0. The van der Waals surface area contributed by atoms with Gasteiger partial charge in [-0.25, -0.2) is 9.18 Å². The van der Waals surface area contributed by atoms with E-state index in [-0.39, 0.29) is 32.2 Å². The fourth-order valence-electron chi connectivity index (χ4n) is 2.07. The molecule has 0 unspecified atom stereocenters. The Hall–Kier alpha value is -3.30. The van der Waals surface area contributed by atoms with Crippen molar-refractivity contribution in [2.45, 2.75) is 12.6 Å². The highest BCUT2D eigenvalue weighted by Gasteiger charge is 2.09. The number of carbonyl (C=O) groups excluding carboxylic acids is 1. The number of benzene rings is 1. The molecule has 4 N–H and O–H groups in total. The summed E-state index contributed by atoms with van der Waals surface area (Å²) in [6, 6.07) is 8.25. The number of ether oxygens (including phenoxy) is 1. The summed E-state index contributed by atoms with van der Waals surface area (Å²) in [6.45, 7) is 0.303. The monoisotopic (exact) mass is 392 g/mol. The molecule has 1 aromatic heterocycles. The van der Waals surface area contributed by atoms with Crippen molar-refractivity contribution in [2.75, 3.05) is 38.2 Å². The smallest absolute Gasteiger partial charge is 0.321 e. The van der Waals surface area contributed by atoms with Gasteiger partial charge >= 0.3 is 6.03 Å². The number of nitriles is 1. The van der Waals surface area contributed by atoms with Gasteiger partial charge in [0.1, 0.15) is 31.2 Å². The van der Waals surface area contributed by atoms with Gasteiger partial charge < -0.3 is 20.5 Å². The third kappa shape index (κ3) is 7.14. The van der Waals surface area contributed by atoms with Crippen molar-refractivity contribution in [1.82, 2.24) is 30.8 Å². The summed E-state index contributed by atoms with van der Waals surface area (Å²) >= 11 is 0. The Morgan fingerprint density at radius 2 is 2.21 bits per heavy atom. The summed E-state index contributed by atoms with van der Waals surface area (Å²) in [7, 11) is 0. The largest absolute Gasteiger partial charge is 0.489 e. The molecule has 0 aliphatic heterocycles. The van der Waals surface area contributed by atoms with E-state index in [1.54, 1.807) is 24.3 Å². The average Bonchev–Trinajstić information content (AvgIpc) is 3.13. The molecule has 0 radical (unpaired) electrons. The highest BCUT2D eigenvalue weighted by Crippen LogP contribution is 2.16. The number of tetrazole rings is 1. The van der Waals surface area contributed by atoms with Crippen molar-refractivity contribution in [1.29, 1.82) is 5.26 Å². The van der Waals surface area contributed by atoms with Crippen LogP contribution >= 0.6 is 0 Å². The molecular formula is C16H21FN8O3. The maximum atomic E-state index is 12.1. The lowest BCUT2D eigenvalue weighted by molar-refractivity contribution is 0.106. The Morgan fingerprint density at radius 3 is 3.00 bits per heavy atom. The molecule has 2 amide bonds. The second kappa shape index (κ2) is 11.4. The average molecular weight is 392 g/mol. The van der Waals surface area contributed by atoms with E-state index < -0.39 is 18.8 Å². The van der Waals surface area contributed by atoms with E-state index in [2.05, 4.69) is 31.4 Å². The number of urea groups is 1. The predicted molar refractivity (Wildman–Crippen MR) is 96.3 cm³/mol. The van der Waals surface area contributed by atoms with E-state index in [1.165, 1.54) is 0 Å². The Labute approximate surface area is 160 Å². The molecule has 1 atom stereocenters. The summed E-state index contributed by atoms with van der Waals surface area (Å²) in [5, 5.41) is 37.7. The van der Waals surface area contributed by atoms with E-state index in [9.17, 15) is 14.3 Å². The maximum Gasteiger partial charge on any atom is 0.321 e. The number of nitrogens with zero attached hydrogens (tertiary/aromatic N) is 5. The lowest BCUT2D eigenvalue weighted by Crippen LogP contribution is -2.38. The molecule has 2 aromatic rings. The van der Waals surface area contributed by atoms with Crippen molar-refractivity contribution in [3.63, 3.8) is 0 Å². The second-order valence-corrected chi connectivity index (χ2v) is 5.56. The summed E-state index contributed by atoms with van der Waals surface area (Å²) < 4.78 is 17.6. The van der Waals surface area contributed by atoms with Crippen molar-refractivity contribution < 1.29 is 19.0 Å². The predicted octanol–water partition coefficient (Wildman–Crippen LogP) is -0.335. The van der Waals surface area contributed by atoms with Gasteiger partial charge in [-0.2, -0.15) is 10.1 Å². The van der Waals surface area contributed by atoms with Crippen LogP contribution in [-0.4, -0.2) is 70.4 Å². The number of carbonyl (C=O) groups is 1. The third-order valence-electron chi connectivity index (χ3n) is 3.37. The van der Waals surface area contributed by atoms with Crippen molar-refractivity contribution in [2.24, 2.45) is 0 Å². The van der Waals surface area contributed by atoms with Gasteiger partial charge in [0.2, 0.25) is 0 Å². The molecule has 1 heterocycles. The first-order valence-electron chi connectivity index (χ1n) is 8.51. The first kappa shape index (κ1) is 21.0. The SMILES string of the molecule is N#Cc1ccccc1OC[C@@H](O)CNCCNC(=O)Nc1nnn(CCF)n1. The lowest BCUT2D eigenvalue weighted by Gasteiger charge is -2.14. The molecule has 0 aliphatic rings. The summed E-state index contributed by atoms with van der Waals surface area (Å²) in [6.07, 6.45) is -0.782. The van der Waals surface area contributed by atoms with E-state index in [1.807, 2.05) is 6.07 Å². The number of hydrogen-bond donors (Lipinski definition) is 4. The van der Waals surface area contributed by atoms with Crippen LogP contribution in [0, 0.1) is 11.3 Å². The molecule has 0 spiro atoms. The molecule has 28 heavy (non-hydrogen) atoms. The summed E-state index contributed by atoms with van der Waals surface area (Å²) in [5.74, 6) is 0.392. The second-order valence-electron chi connectivity index (χ2n) is 5.56. The standard InChI is InChI=1S/C16H21FN8O3/c17-5-8-25-23-15(22-24-25)21-16(27)20-7-6-19-10-13(26)11-28-14-4-2-1-3-12(14)9-18/h1-4,13,19,26H,5-8,10-11H2,(H2,20,21,23,27)/t13-/m0/s1. The van der Waals surface area contributed by atoms with Crippen LogP contribution in [0.3, 0.4) is 0 Å². The molecule has 0 saturated heterocycles. The van der Waals surface area contributed by atoms with Gasteiger partial charge in [-0.15, -0.1) is 5.10 Å². The quantitative estimate of drug-likeness (QED) is 0.380. The Morgan fingerprint density at radius 1 is 1.39 bits per heavy atom. The molecular weight excluding hydrogens is 371 g/mol. The Kier molecular flexibility index (Phi) is 8.57. The van der Waals surface area contributed by atoms with Crippen LogP contribution in [0.5, 0.6) is 5.75 Å². The highest BCUT2D eigenvalue weighted by molar-refractivity contribution is 5.87. The van der Waals surface area contributed by atoms with Crippen LogP contribution in [-0.2, 0) is 6.54 Å². The zero-order valence-electron chi connectivity index (χ0n) is 15.0. The van der Waals surface area contributed by atoms with Gasteiger partial charge in [0.15, 0.2) is 0 Å². The first-order chi connectivity index (χ1) is 13.6. The number of aliphatic hydroxyl groups excluding tert-OH is 1. The number of anilines is 1. The number of aromatic nitrogens is 4. The molecule has 12 heteroatoms. The minimum absolute atomic E-state index is 0.0240. The van der Waals surface area contributed by atoms with E-state index in [0.29, 0.717) is 17.9 Å². The van der Waals surface area contributed by atoms with Crippen LogP contribution in [0.1, 0.15) is 5.56 Å². The van der Waals surface area contributed by atoms with Gasteiger partial charge in [0, 0.05) is 19.6 Å². The van der Waals surface area contributed by atoms with E-state index in [4.69, 9.17) is 10.00 Å². The minimum atomic E-state index is -0.782. The van der Waals surface area contributed by atoms with Crippen LogP contribution in [0.4, 0.5) is 15.1 Å². The van der Waals surface area contributed by atoms with Gasteiger partial charge in [-0.05, 0) is 17.3 Å². The molecule has 0 aliphatic carbocycles. The lowest BCUT2D eigenvalue weighted by atomic mass is 10.2. The van der Waals surface area contributed by atoms with Crippen molar-refractivity contribution in [3.05, 3.63) is 29.8 Å². The number of hydrogen-bond acceptors (Lipinski definition) is 8. The maximum absolute atomic E-state index is 12.1. The summed E-state index contributed by atoms with van der Waals surface area (Å²) in [5.41, 5.74) is 0.400. The Balaban J connectivity index is 1.56. The Bertz CT molecular complexity index is 794. The van der Waals surface area contributed by atoms with Crippen molar-refractivity contribution >= 4 is 12.0 Å². The van der Waals surface area contributed by atoms with Crippen LogP contribution in [0.15, 0.2) is 24.3 Å². The molecule has 2 rings (SSSR count). The number of halogens is 1. The topological polar surface area (TPSA) is 150 Å². The van der Waals surface area contributed by atoms with E-state index >= 15 is 0 Å². The molecule has 11 nitrogen and oxygen atoms in total. The molecule has 0 bridgehead atoms. The number of aliphatic hydroxyl groups is 1. The number of nitrogens with one attached hydrogen (secondary N) is 3. The molecule has 1 aromatic carbocycles. The fourth-order valence-corrected chi connectivity index (χ4v) is 2.07. The van der Waals surface area contributed by atoms with E-state index in [0.717, 1.165) is 4.80 Å². The van der Waals surface area contributed by atoms with Gasteiger partial charge in [-0.3, -0.25) is 5.32 Å². The van der Waals surface area contributed by atoms with Gasteiger partial charge in [0.05, 0.1) is 12.1 Å². The van der Waals surface area contributed by atoms with Crippen LogP contribution in [0.25, 0.3) is 0 Å². The zero-order chi connectivity index (χ0) is 20.2. The van der Waals surface area contributed by atoms with Crippen LogP contribution in [0.2, 0.25) is 0 Å². The minimum Gasteiger partial charge on any atom is -0.489 e. The van der Waals surface area contributed by atoms with Crippen molar-refractivity contribution in [3.8, 4) is 11.8 Å². The molecule has 0 saturated carbocycles. The van der Waals surface area contributed by atoms with Gasteiger partial charge in [-0.1, -0.05) is 17.2 Å². The molecule has 0 fully saturated rings. The number of para-hydroxylation sites is 1. The number of rotatable bonds is 11. The number of amides is 2. The van der Waals surface area contributed by atoms with Crippen LogP contribution < -0.4 is 20.7 Å². The normalized spacial score (nSPS) is 11.5. The molecule has 150 valence electrons. The highest BCUT2D eigenvalue weighted by atomic mass is 19.1. The number of aryl methyl sites for hydroxylation is 1. The first-order valence-corrected chi connectivity index (χ1v) is 8.51. The fraction of sp³-hybridized carbons (Fsp3) is 0.438.